The molecule has 184 valence electrons. The van der Waals surface area contributed by atoms with Crippen LogP contribution in [0.15, 0.2) is 21.0 Å². The van der Waals surface area contributed by atoms with Gasteiger partial charge in [-0.1, -0.05) is 30.7 Å². The number of hydrogen-bond donors (Lipinski definition) is 1. The Balaban J connectivity index is 1.46. The van der Waals surface area contributed by atoms with Crippen molar-refractivity contribution in [2.45, 2.75) is 95.7 Å². The Morgan fingerprint density at radius 3 is 2.64 bits per heavy atom. The average molecular weight is 465 g/mol. The van der Waals surface area contributed by atoms with Crippen LogP contribution in [0.1, 0.15) is 72.0 Å². The van der Waals surface area contributed by atoms with Crippen LogP contribution in [0.3, 0.4) is 0 Å². The van der Waals surface area contributed by atoms with E-state index in [4.69, 9.17) is 18.9 Å². The minimum Gasteiger partial charge on any atom is -0.460 e. The molecule has 0 aromatic carbocycles. The molecule has 1 aromatic heterocycles. The van der Waals surface area contributed by atoms with E-state index in [2.05, 4.69) is 41.5 Å². The molecule has 4 rings (SSSR count). The number of aromatic nitrogens is 2. The number of methoxy groups -OCH3 is 1. The molecule has 0 amide bonds. The lowest BCUT2D eigenvalue weighted by molar-refractivity contribution is -0.172. The van der Waals surface area contributed by atoms with E-state index in [-0.39, 0.29) is 53.6 Å². The molecule has 1 spiro atoms. The van der Waals surface area contributed by atoms with Crippen molar-refractivity contribution in [1.82, 2.24) is 10.1 Å². The molecule has 1 aromatic rings. The van der Waals surface area contributed by atoms with Crippen molar-refractivity contribution in [3.05, 3.63) is 28.0 Å². The van der Waals surface area contributed by atoms with Crippen molar-refractivity contribution in [3.63, 3.8) is 0 Å². The van der Waals surface area contributed by atoms with Crippen LogP contribution in [-0.2, 0) is 23.7 Å². The van der Waals surface area contributed by atoms with Crippen LogP contribution in [0.2, 0.25) is 0 Å². The van der Waals surface area contributed by atoms with Gasteiger partial charge in [-0.2, -0.15) is 0 Å². The van der Waals surface area contributed by atoms with Crippen molar-refractivity contribution >= 4 is 5.97 Å². The number of carbonyl (C=O) groups excluding carboxylic acids is 1. The van der Waals surface area contributed by atoms with Crippen molar-refractivity contribution in [3.8, 4) is 0 Å². The van der Waals surface area contributed by atoms with Crippen LogP contribution in [0, 0.1) is 11.8 Å². The molecule has 0 unspecified atom stereocenters. The number of nitrogens with one attached hydrogen (secondary N) is 1. The maximum Gasteiger partial charge on any atom is 0.438 e. The van der Waals surface area contributed by atoms with Crippen LogP contribution in [0.5, 0.6) is 0 Å². The highest BCUT2D eigenvalue weighted by Gasteiger charge is 2.72. The van der Waals surface area contributed by atoms with Gasteiger partial charge in [-0.3, -0.25) is 14.3 Å². The Hall–Kier alpha value is -1.97. The van der Waals surface area contributed by atoms with Crippen LogP contribution < -0.4 is 5.76 Å². The molecule has 1 saturated carbocycles. The quantitative estimate of drug-likeness (QED) is 0.336. The van der Waals surface area contributed by atoms with E-state index in [1.807, 2.05) is 13.8 Å². The number of hydrogen-bond acceptors (Lipinski definition) is 8. The van der Waals surface area contributed by atoms with Gasteiger partial charge in [0.1, 0.15) is 23.4 Å². The Morgan fingerprint density at radius 2 is 2.09 bits per heavy atom. The highest BCUT2D eigenvalue weighted by Crippen LogP contribution is 2.59. The van der Waals surface area contributed by atoms with E-state index < -0.39 is 11.9 Å². The number of esters is 1. The average Bonchev–Trinajstić information content (AvgIpc) is 3.62. The summed E-state index contributed by atoms with van der Waals surface area (Å²) in [7, 11) is 1.66. The minimum absolute atomic E-state index is 0.0232. The number of nitrogens with zero attached hydrogens (tertiary/aromatic N) is 1. The lowest BCUT2D eigenvalue weighted by Gasteiger charge is -2.42. The van der Waals surface area contributed by atoms with Gasteiger partial charge in [0, 0.05) is 13.0 Å². The highest BCUT2D eigenvalue weighted by molar-refractivity contribution is 5.70. The Kier molecular flexibility index (Phi) is 6.59. The summed E-state index contributed by atoms with van der Waals surface area (Å²) in [5.41, 5.74) is 0.616. The Labute approximate surface area is 194 Å². The summed E-state index contributed by atoms with van der Waals surface area (Å²) >= 11 is 0. The number of epoxide rings is 2. The maximum atomic E-state index is 13.0. The summed E-state index contributed by atoms with van der Waals surface area (Å²) in [5, 5.41) is 3.77. The van der Waals surface area contributed by atoms with Gasteiger partial charge >= 0.3 is 11.7 Å². The molecule has 1 aliphatic carbocycles. The minimum atomic E-state index is -0.631. The zero-order valence-corrected chi connectivity index (χ0v) is 20.4. The first-order chi connectivity index (χ1) is 15.6. The molecule has 3 heterocycles. The van der Waals surface area contributed by atoms with Gasteiger partial charge in [-0.15, -0.1) is 0 Å². The van der Waals surface area contributed by atoms with Crippen LogP contribution in [0.4, 0.5) is 0 Å². The predicted octanol–water partition coefficient (Wildman–Crippen LogP) is 3.11. The molecule has 9 heteroatoms. The van der Waals surface area contributed by atoms with Crippen LogP contribution >= 0.6 is 0 Å². The Bertz CT molecular complexity index is 943. The second-order valence-electron chi connectivity index (χ2n) is 10.4. The van der Waals surface area contributed by atoms with Crippen molar-refractivity contribution in [1.29, 1.82) is 0 Å². The highest BCUT2D eigenvalue weighted by atomic mass is 16.6. The third kappa shape index (κ3) is 4.81. The molecule has 2 aliphatic heterocycles. The second kappa shape index (κ2) is 9.00. The smallest absolute Gasteiger partial charge is 0.438 e. The summed E-state index contributed by atoms with van der Waals surface area (Å²) < 4.78 is 28.7. The monoisotopic (exact) mass is 464 g/mol. The van der Waals surface area contributed by atoms with E-state index in [1.54, 1.807) is 7.11 Å². The molecule has 3 aliphatic rings. The van der Waals surface area contributed by atoms with Gasteiger partial charge < -0.3 is 18.9 Å². The fraction of sp³-hybridized carbons (Fsp3) is 0.792. The molecule has 0 bridgehead atoms. The maximum absolute atomic E-state index is 13.0. The molecule has 1 N–H and O–H groups in total. The molecule has 33 heavy (non-hydrogen) atoms. The first-order valence-electron chi connectivity index (χ1n) is 11.8. The van der Waals surface area contributed by atoms with Gasteiger partial charge in [0.15, 0.2) is 5.82 Å². The molecular weight excluding hydrogens is 428 g/mol. The molecule has 2 saturated heterocycles. The number of H-pyrrole nitrogens is 1. The summed E-state index contributed by atoms with van der Waals surface area (Å²) in [6, 6.07) is 0. The van der Waals surface area contributed by atoms with E-state index in [0.717, 1.165) is 12.8 Å². The molecule has 7 atom stereocenters. The van der Waals surface area contributed by atoms with Gasteiger partial charge in [0.25, 0.3) is 0 Å². The number of ether oxygens (including phenoxy) is 4. The van der Waals surface area contributed by atoms with Crippen molar-refractivity contribution < 1.29 is 28.3 Å². The topological polar surface area (TPSA) is 119 Å². The van der Waals surface area contributed by atoms with Crippen LogP contribution in [0.25, 0.3) is 0 Å². The summed E-state index contributed by atoms with van der Waals surface area (Å²) in [4.78, 5) is 26.9. The van der Waals surface area contributed by atoms with Crippen LogP contribution in [-0.4, -0.2) is 59.3 Å². The lowest BCUT2D eigenvalue weighted by atomic mass is 9.68. The standard InChI is InChI=1S/C24H36N2O7/c1-13(2)7-8-17-23(5,32-17)20-19(29-6)16(9-10-24(20)12-30-24)31-18(27)11-15(14(3)4)21-25-22(28)33-26-21/h7,14-17,19-20H,8-12H2,1-6H3,(H,25,26,28)/t15-,16-,17-,19-,20-,23+,24+/m1/s1. The van der Waals surface area contributed by atoms with Gasteiger partial charge in [-0.25, -0.2) is 4.79 Å². The lowest BCUT2D eigenvalue weighted by Crippen LogP contribution is -2.55. The molecule has 0 radical (unpaired) electrons. The normalized spacial score (nSPS) is 36.0. The molecular formula is C24H36N2O7. The predicted molar refractivity (Wildman–Crippen MR) is 119 cm³/mol. The van der Waals surface area contributed by atoms with E-state index in [1.165, 1.54) is 5.57 Å². The third-order valence-electron chi connectivity index (χ3n) is 7.52. The van der Waals surface area contributed by atoms with E-state index in [9.17, 15) is 9.59 Å². The van der Waals surface area contributed by atoms with Gasteiger partial charge in [-0.05, 0) is 46.0 Å². The summed E-state index contributed by atoms with van der Waals surface area (Å²) in [5.74, 6) is -0.880. The third-order valence-corrected chi connectivity index (χ3v) is 7.52. The first-order valence-corrected chi connectivity index (χ1v) is 11.8. The SMILES string of the molecule is CO[C@@H]1[C@H](OC(=O)C[C@@H](c2noc(=O)[nH]2)C(C)C)CC[C@]2(CO2)[C@H]1[C@@]1(C)O[C@@H]1CC=C(C)C. The largest absolute Gasteiger partial charge is 0.460 e. The van der Waals surface area contributed by atoms with Crippen molar-refractivity contribution in [2.75, 3.05) is 13.7 Å². The number of allylic oxidation sites excluding steroid dienone is 1. The van der Waals surface area contributed by atoms with Gasteiger partial charge in [0.2, 0.25) is 0 Å². The summed E-state index contributed by atoms with van der Waals surface area (Å²) in [6.07, 6.45) is 3.98. The number of aromatic amines is 1. The Morgan fingerprint density at radius 1 is 1.36 bits per heavy atom. The molecule has 3 fully saturated rings. The molecule has 9 nitrogen and oxygen atoms in total. The zero-order valence-electron chi connectivity index (χ0n) is 20.4. The summed E-state index contributed by atoms with van der Waals surface area (Å²) in [6.45, 7) is 10.9. The van der Waals surface area contributed by atoms with E-state index >= 15 is 0 Å². The van der Waals surface area contributed by atoms with E-state index in [0.29, 0.717) is 18.9 Å². The van der Waals surface area contributed by atoms with Gasteiger partial charge in [0.05, 0.1) is 25.0 Å². The second-order valence-corrected chi connectivity index (χ2v) is 10.4. The zero-order chi connectivity index (χ0) is 24.0. The fourth-order valence-corrected chi connectivity index (χ4v) is 5.52. The first kappa shape index (κ1) is 24.2. The fourth-order valence-electron chi connectivity index (χ4n) is 5.52. The number of carbonyl (C=O) groups is 1. The number of rotatable bonds is 9. The van der Waals surface area contributed by atoms with Crippen molar-refractivity contribution in [2.24, 2.45) is 11.8 Å².